The van der Waals surface area contributed by atoms with E-state index < -0.39 is 28.6 Å². The van der Waals surface area contributed by atoms with Crippen LogP contribution >= 0.6 is 22.9 Å². The van der Waals surface area contributed by atoms with Crippen LogP contribution in [-0.4, -0.2) is 96.3 Å². The Morgan fingerprint density at radius 1 is 1.07 bits per heavy atom. The molecule has 0 radical (unpaired) electrons. The molecule has 0 amide bonds. The summed E-state index contributed by atoms with van der Waals surface area (Å²) >= 11 is 7.83. The highest BCUT2D eigenvalue weighted by Gasteiger charge is 2.29. The fourth-order valence-corrected chi connectivity index (χ4v) is 7.73. The predicted molar refractivity (Wildman–Crippen MR) is 173 cm³/mol. The number of hydrogen-bond acceptors (Lipinski definition) is 9. The molecule has 0 unspecified atom stereocenters. The first-order valence-electron chi connectivity index (χ1n) is 14.2. The van der Waals surface area contributed by atoms with E-state index >= 15 is 0 Å². The van der Waals surface area contributed by atoms with Crippen LogP contribution in [0.2, 0.25) is 5.02 Å². The molecule has 0 aliphatic carbocycles. The van der Waals surface area contributed by atoms with Crippen molar-refractivity contribution in [2.75, 3.05) is 66.4 Å². The summed E-state index contributed by atoms with van der Waals surface area (Å²) in [6, 6.07) is 16.9. The Morgan fingerprint density at radius 2 is 1.77 bits per heavy atom. The first-order valence-corrected chi connectivity index (χ1v) is 17.0. The Labute approximate surface area is 268 Å². The Kier molecular flexibility index (Phi) is 11.3. The lowest BCUT2D eigenvalue weighted by Gasteiger charge is -2.32. The number of thiophene rings is 1. The zero-order chi connectivity index (χ0) is 31.9. The maximum atomic E-state index is 12.9. The van der Waals surface area contributed by atoms with E-state index in [9.17, 15) is 18.0 Å². The molecule has 1 aromatic heterocycles. The number of nitrogens with zero attached hydrogens (tertiary/aromatic N) is 2. The van der Waals surface area contributed by atoms with Crippen LogP contribution in [0.4, 0.5) is 5.69 Å². The van der Waals surface area contributed by atoms with Crippen molar-refractivity contribution in [2.24, 2.45) is 0 Å². The van der Waals surface area contributed by atoms with Crippen LogP contribution in [0.25, 0.3) is 10.4 Å². The second-order valence-electron chi connectivity index (χ2n) is 11.6. The van der Waals surface area contributed by atoms with Gasteiger partial charge in [0.15, 0.2) is 17.2 Å². The molecule has 3 aromatic rings. The molecule has 0 bridgehead atoms. The van der Waals surface area contributed by atoms with E-state index in [1.807, 2.05) is 75.7 Å². The van der Waals surface area contributed by atoms with Gasteiger partial charge < -0.3 is 24.0 Å². The van der Waals surface area contributed by atoms with E-state index in [-0.39, 0.29) is 34.1 Å². The van der Waals surface area contributed by atoms with Crippen LogP contribution in [0.15, 0.2) is 54.6 Å². The number of sulfonamides is 1. The smallest absolute Gasteiger partial charge is 0.351 e. The molecule has 1 fully saturated rings. The molecule has 1 saturated heterocycles. The topological polar surface area (TPSA) is 111 Å². The van der Waals surface area contributed by atoms with Gasteiger partial charge in [0.05, 0.1) is 38.9 Å². The van der Waals surface area contributed by atoms with E-state index in [2.05, 4.69) is 5.32 Å². The second kappa shape index (κ2) is 14.7. The van der Waals surface area contributed by atoms with Gasteiger partial charge in [0.2, 0.25) is 10.0 Å². The summed E-state index contributed by atoms with van der Waals surface area (Å²) in [6.07, 6.45) is 1.32. The van der Waals surface area contributed by atoms with Gasteiger partial charge in [0, 0.05) is 24.8 Å². The van der Waals surface area contributed by atoms with Crippen molar-refractivity contribution in [3.8, 4) is 16.2 Å². The van der Waals surface area contributed by atoms with Crippen molar-refractivity contribution in [1.82, 2.24) is 4.31 Å². The summed E-state index contributed by atoms with van der Waals surface area (Å²) in [7, 11) is 3.85. The maximum absolute atomic E-state index is 12.9. The van der Waals surface area contributed by atoms with Gasteiger partial charge in [-0.3, -0.25) is 0 Å². The van der Waals surface area contributed by atoms with Crippen molar-refractivity contribution in [1.29, 1.82) is 0 Å². The number of rotatable bonds is 13. The highest BCUT2D eigenvalue weighted by atomic mass is 35.5. The molecule has 1 aliphatic rings. The summed E-state index contributed by atoms with van der Waals surface area (Å²) in [5.74, 6) is -1.13. The lowest BCUT2D eigenvalue weighted by Crippen LogP contribution is -2.42. The monoisotopic (exact) mass is 664 g/mol. The number of carbonyl (C=O) groups is 2. The molecule has 2 heterocycles. The van der Waals surface area contributed by atoms with Crippen molar-refractivity contribution in [3.63, 3.8) is 0 Å². The third kappa shape index (κ3) is 9.18. The number of likely N-dealkylation sites (N-methyl/N-ethyl adjacent to an activating group) is 1. The molecular weight excluding hydrogens is 626 g/mol. The average molecular weight is 665 g/mol. The number of carbonyl (C=O) groups excluding carboxylic acids is 2. The Morgan fingerprint density at radius 3 is 2.43 bits per heavy atom. The van der Waals surface area contributed by atoms with Crippen LogP contribution in [0.5, 0.6) is 5.75 Å². The zero-order valence-corrected chi connectivity index (χ0v) is 27.8. The molecular formula is C31H39ClN3O7S2+. The van der Waals surface area contributed by atoms with E-state index in [0.717, 1.165) is 28.2 Å². The largest absolute Gasteiger partial charge is 0.479 e. The van der Waals surface area contributed by atoms with E-state index in [1.165, 1.54) is 7.11 Å². The Balaban J connectivity index is 1.41. The minimum Gasteiger partial charge on any atom is -0.479 e. The number of esters is 2. The SMILES string of the molecule is COC(=O)c1sc(-c2cccc(NC3CCN(S(=O)(=O)Cc4ccccc4)CC3)c2)c(Cl)c1OCC(=O)OCC[N+](C)(C)C. The van der Waals surface area contributed by atoms with Crippen LogP contribution in [0, 0.1) is 0 Å². The van der Waals surface area contributed by atoms with Crippen molar-refractivity contribution >= 4 is 50.6 Å². The minimum atomic E-state index is -3.40. The van der Waals surface area contributed by atoms with E-state index in [0.29, 0.717) is 41.8 Å². The summed E-state index contributed by atoms with van der Waals surface area (Å²) in [4.78, 5) is 25.6. The van der Waals surface area contributed by atoms with Gasteiger partial charge in [0.1, 0.15) is 18.2 Å². The number of ether oxygens (including phenoxy) is 3. The van der Waals surface area contributed by atoms with Crippen LogP contribution < -0.4 is 10.1 Å². The van der Waals surface area contributed by atoms with Crippen molar-refractivity contribution in [2.45, 2.75) is 24.6 Å². The number of piperidine rings is 1. The number of halogens is 1. The molecule has 4 rings (SSSR count). The quantitative estimate of drug-likeness (QED) is 0.203. The average Bonchev–Trinajstić information content (AvgIpc) is 3.31. The summed E-state index contributed by atoms with van der Waals surface area (Å²) in [5, 5.41) is 3.71. The van der Waals surface area contributed by atoms with E-state index in [4.69, 9.17) is 25.8 Å². The molecule has 1 aliphatic heterocycles. The lowest BCUT2D eigenvalue weighted by atomic mass is 10.1. The normalized spacial score (nSPS) is 14.7. The van der Waals surface area contributed by atoms with Gasteiger partial charge in [-0.1, -0.05) is 54.1 Å². The highest BCUT2D eigenvalue weighted by molar-refractivity contribution is 7.88. The molecule has 2 aromatic carbocycles. The highest BCUT2D eigenvalue weighted by Crippen LogP contribution is 2.46. The maximum Gasteiger partial charge on any atom is 0.351 e. The number of hydrogen-bond donors (Lipinski definition) is 1. The molecule has 238 valence electrons. The zero-order valence-electron chi connectivity index (χ0n) is 25.4. The minimum absolute atomic E-state index is 0.00737. The molecule has 0 atom stereocenters. The fraction of sp³-hybridized carbons (Fsp3) is 0.419. The summed E-state index contributed by atoms with van der Waals surface area (Å²) in [5.41, 5.74) is 2.36. The van der Waals surface area contributed by atoms with Gasteiger partial charge >= 0.3 is 11.9 Å². The van der Waals surface area contributed by atoms with Gasteiger partial charge in [-0.2, -0.15) is 0 Å². The number of nitrogens with one attached hydrogen (secondary N) is 1. The first kappa shape index (κ1) is 33.7. The lowest BCUT2D eigenvalue weighted by molar-refractivity contribution is -0.870. The Bertz CT molecular complexity index is 1550. The number of anilines is 1. The molecule has 0 spiro atoms. The van der Waals surface area contributed by atoms with E-state index in [1.54, 1.807) is 4.31 Å². The standard InChI is InChI=1S/C31H39ClN3O7S2/c1-35(2,3)17-18-41-26(36)20-42-28-27(32)29(43-30(28)31(37)40-4)23-11-8-12-25(19-23)33-24-13-15-34(16-14-24)44(38,39)21-22-9-6-5-7-10-22/h5-12,19,24,33H,13-18,20-21H2,1-4H3/q+1. The number of methoxy groups -OCH3 is 1. The van der Waals surface area contributed by atoms with Gasteiger partial charge in [-0.15, -0.1) is 11.3 Å². The van der Waals surface area contributed by atoms with Crippen molar-refractivity contribution in [3.05, 3.63) is 70.1 Å². The summed E-state index contributed by atoms with van der Waals surface area (Å²) < 4.78 is 44.0. The Hall–Kier alpha value is -3.16. The van der Waals surface area contributed by atoms with Gasteiger partial charge in [-0.05, 0) is 36.1 Å². The van der Waals surface area contributed by atoms with Crippen LogP contribution in [0.1, 0.15) is 28.1 Å². The third-order valence-electron chi connectivity index (χ3n) is 7.07. The third-order valence-corrected chi connectivity index (χ3v) is 10.6. The second-order valence-corrected chi connectivity index (χ2v) is 14.9. The first-order chi connectivity index (χ1) is 20.9. The molecule has 10 nitrogen and oxygen atoms in total. The van der Waals surface area contributed by atoms with Crippen LogP contribution in [-0.2, 0) is 30.0 Å². The van der Waals surface area contributed by atoms with Crippen LogP contribution in [0.3, 0.4) is 0 Å². The summed E-state index contributed by atoms with van der Waals surface area (Å²) in [6.45, 7) is 1.34. The van der Waals surface area contributed by atoms with Gasteiger partial charge in [0.25, 0.3) is 0 Å². The van der Waals surface area contributed by atoms with Crippen molar-refractivity contribution < 1.29 is 36.7 Å². The number of quaternary nitrogens is 1. The predicted octanol–water partition coefficient (Wildman–Crippen LogP) is 4.89. The molecule has 0 saturated carbocycles. The fourth-order valence-electron chi connectivity index (χ4n) is 4.68. The van der Waals surface area contributed by atoms with Gasteiger partial charge in [-0.25, -0.2) is 22.3 Å². The molecule has 44 heavy (non-hydrogen) atoms. The number of benzene rings is 2. The molecule has 1 N–H and O–H groups in total. The molecule has 13 heteroatoms.